The molecule has 0 bridgehead atoms. The first kappa shape index (κ1) is 18.0. The number of hydrogen-bond acceptors (Lipinski definition) is 5. The molecule has 0 saturated carbocycles. The summed E-state index contributed by atoms with van der Waals surface area (Å²) in [6.07, 6.45) is 2.03. The van der Waals surface area contributed by atoms with E-state index in [-0.39, 0.29) is 24.7 Å². The van der Waals surface area contributed by atoms with Crippen molar-refractivity contribution >= 4 is 44.7 Å². The van der Waals surface area contributed by atoms with E-state index in [9.17, 15) is 9.59 Å². The predicted molar refractivity (Wildman–Crippen MR) is 104 cm³/mol. The van der Waals surface area contributed by atoms with Gasteiger partial charge in [0.2, 0.25) is 16.9 Å². The molecule has 0 radical (unpaired) electrons. The molecule has 0 atom stereocenters. The lowest BCUT2D eigenvalue weighted by Crippen LogP contribution is -2.17. The summed E-state index contributed by atoms with van der Waals surface area (Å²) < 4.78 is 0. The lowest BCUT2D eigenvalue weighted by Gasteiger charge is -2.08. The van der Waals surface area contributed by atoms with Crippen LogP contribution >= 0.6 is 11.3 Å². The second kappa shape index (κ2) is 8.53. The van der Waals surface area contributed by atoms with Crippen molar-refractivity contribution < 1.29 is 9.59 Å². The lowest BCUT2D eigenvalue weighted by atomic mass is 10.1. The van der Waals surface area contributed by atoms with Crippen molar-refractivity contribution in [2.45, 2.75) is 32.6 Å². The first-order valence-electron chi connectivity index (χ1n) is 8.55. The van der Waals surface area contributed by atoms with Gasteiger partial charge in [-0.3, -0.25) is 9.59 Å². The Labute approximate surface area is 155 Å². The highest BCUT2D eigenvalue weighted by Crippen LogP contribution is 2.23. The standard InChI is InChI=1S/C19H20N4O2S/c1-2-6-18-22-23-19(26-18)21-17(25)12-11-16(24)20-15-10-5-8-13-7-3-4-9-14(13)15/h3-5,7-10H,2,6,11-12H2,1H3,(H,20,24)(H,21,23,25). The monoisotopic (exact) mass is 368 g/mol. The normalized spacial score (nSPS) is 10.7. The number of fused-ring (bicyclic) bond motifs is 1. The average molecular weight is 368 g/mol. The molecule has 7 heteroatoms. The van der Waals surface area contributed by atoms with Crippen molar-refractivity contribution in [3.05, 3.63) is 47.5 Å². The summed E-state index contributed by atoms with van der Waals surface area (Å²) in [5.41, 5.74) is 0.752. The second-order valence-electron chi connectivity index (χ2n) is 5.87. The molecule has 1 heterocycles. The SMILES string of the molecule is CCCc1nnc(NC(=O)CCC(=O)Nc2cccc3ccccc23)s1. The van der Waals surface area contributed by atoms with Crippen LogP contribution in [0.3, 0.4) is 0 Å². The number of carbonyl (C=O) groups excluding carboxylic acids is 2. The Morgan fingerprint density at radius 1 is 0.962 bits per heavy atom. The molecule has 0 aliphatic rings. The Morgan fingerprint density at radius 2 is 1.69 bits per heavy atom. The Kier molecular flexibility index (Phi) is 5.91. The van der Waals surface area contributed by atoms with Crippen molar-refractivity contribution in [1.29, 1.82) is 0 Å². The van der Waals surface area contributed by atoms with Gasteiger partial charge in [0.25, 0.3) is 0 Å². The molecule has 0 unspecified atom stereocenters. The second-order valence-corrected chi connectivity index (χ2v) is 6.94. The summed E-state index contributed by atoms with van der Waals surface area (Å²) >= 11 is 1.37. The van der Waals surface area contributed by atoms with Gasteiger partial charge >= 0.3 is 0 Å². The van der Waals surface area contributed by atoms with E-state index >= 15 is 0 Å². The Morgan fingerprint density at radius 3 is 2.50 bits per heavy atom. The van der Waals surface area contributed by atoms with E-state index in [0.29, 0.717) is 5.13 Å². The topological polar surface area (TPSA) is 84.0 Å². The van der Waals surface area contributed by atoms with Crippen LogP contribution < -0.4 is 10.6 Å². The lowest BCUT2D eigenvalue weighted by molar-refractivity contribution is -0.121. The molecule has 0 spiro atoms. The number of nitrogens with zero attached hydrogens (tertiary/aromatic N) is 2. The zero-order chi connectivity index (χ0) is 18.4. The largest absolute Gasteiger partial charge is 0.326 e. The van der Waals surface area contributed by atoms with E-state index < -0.39 is 0 Å². The summed E-state index contributed by atoms with van der Waals surface area (Å²) in [5.74, 6) is -0.433. The zero-order valence-electron chi connectivity index (χ0n) is 14.5. The van der Waals surface area contributed by atoms with Crippen LogP contribution in [0.2, 0.25) is 0 Å². The van der Waals surface area contributed by atoms with E-state index in [2.05, 4.69) is 27.8 Å². The molecule has 0 fully saturated rings. The molecule has 3 aromatic rings. The van der Waals surface area contributed by atoms with Gasteiger partial charge in [-0.25, -0.2) is 0 Å². The summed E-state index contributed by atoms with van der Waals surface area (Å²) in [6, 6.07) is 13.6. The maximum Gasteiger partial charge on any atom is 0.226 e. The third-order valence-electron chi connectivity index (χ3n) is 3.82. The molecule has 3 rings (SSSR count). The molecular weight excluding hydrogens is 348 g/mol. The van der Waals surface area contributed by atoms with Crippen molar-refractivity contribution in [3.8, 4) is 0 Å². The van der Waals surface area contributed by atoms with E-state index in [4.69, 9.17) is 0 Å². The Balaban J connectivity index is 1.52. The van der Waals surface area contributed by atoms with Crippen molar-refractivity contribution in [3.63, 3.8) is 0 Å². The number of amides is 2. The highest BCUT2D eigenvalue weighted by molar-refractivity contribution is 7.15. The van der Waals surface area contributed by atoms with Crippen LogP contribution in [0.1, 0.15) is 31.2 Å². The molecule has 2 amide bonds. The first-order chi connectivity index (χ1) is 12.7. The van der Waals surface area contributed by atoms with Gasteiger partial charge in [-0.05, 0) is 17.9 Å². The number of anilines is 2. The molecule has 0 saturated heterocycles. The van der Waals surface area contributed by atoms with Crippen LogP contribution in [0.5, 0.6) is 0 Å². The third-order valence-corrected chi connectivity index (χ3v) is 4.72. The van der Waals surface area contributed by atoms with Gasteiger partial charge in [0, 0.05) is 30.3 Å². The number of rotatable bonds is 7. The number of nitrogens with one attached hydrogen (secondary N) is 2. The van der Waals surface area contributed by atoms with Gasteiger partial charge in [-0.2, -0.15) is 0 Å². The van der Waals surface area contributed by atoms with Gasteiger partial charge in [-0.1, -0.05) is 54.7 Å². The van der Waals surface area contributed by atoms with E-state index in [1.165, 1.54) is 11.3 Å². The van der Waals surface area contributed by atoms with E-state index in [0.717, 1.165) is 34.3 Å². The molecule has 0 aliphatic heterocycles. The highest BCUT2D eigenvalue weighted by atomic mass is 32.1. The summed E-state index contributed by atoms with van der Waals surface area (Å²) in [4.78, 5) is 24.2. The molecule has 2 aromatic carbocycles. The maximum absolute atomic E-state index is 12.2. The molecule has 26 heavy (non-hydrogen) atoms. The van der Waals surface area contributed by atoms with Gasteiger partial charge in [0.1, 0.15) is 5.01 Å². The molecule has 1 aromatic heterocycles. The number of aromatic nitrogens is 2. The fraction of sp³-hybridized carbons (Fsp3) is 0.263. The van der Waals surface area contributed by atoms with Crippen LogP contribution in [0.15, 0.2) is 42.5 Å². The fourth-order valence-corrected chi connectivity index (χ4v) is 3.43. The fourth-order valence-electron chi connectivity index (χ4n) is 2.57. The van der Waals surface area contributed by atoms with Crippen LogP contribution in [0.4, 0.5) is 10.8 Å². The minimum atomic E-state index is -0.239. The predicted octanol–water partition coefficient (Wildman–Crippen LogP) is 4.00. The molecule has 6 nitrogen and oxygen atoms in total. The smallest absolute Gasteiger partial charge is 0.226 e. The quantitative estimate of drug-likeness (QED) is 0.660. The van der Waals surface area contributed by atoms with Crippen molar-refractivity contribution in [2.24, 2.45) is 0 Å². The maximum atomic E-state index is 12.2. The average Bonchev–Trinajstić information content (AvgIpc) is 3.08. The van der Waals surface area contributed by atoms with Crippen molar-refractivity contribution in [1.82, 2.24) is 10.2 Å². The minimum Gasteiger partial charge on any atom is -0.326 e. The van der Waals surface area contributed by atoms with Crippen LogP contribution in [-0.2, 0) is 16.0 Å². The molecule has 2 N–H and O–H groups in total. The van der Waals surface area contributed by atoms with Crippen molar-refractivity contribution in [2.75, 3.05) is 10.6 Å². The molecule has 0 aliphatic carbocycles. The van der Waals surface area contributed by atoms with Gasteiger partial charge in [0.05, 0.1) is 0 Å². The van der Waals surface area contributed by atoms with E-state index in [1.54, 1.807) is 0 Å². The number of benzene rings is 2. The summed E-state index contributed by atoms with van der Waals surface area (Å²) in [7, 11) is 0. The Hall–Kier alpha value is -2.80. The van der Waals surface area contributed by atoms with Gasteiger partial charge < -0.3 is 10.6 Å². The van der Waals surface area contributed by atoms with Gasteiger partial charge in [0.15, 0.2) is 0 Å². The van der Waals surface area contributed by atoms with E-state index in [1.807, 2.05) is 42.5 Å². The number of aryl methyl sites for hydroxylation is 1. The minimum absolute atomic E-state index is 0.0965. The zero-order valence-corrected chi connectivity index (χ0v) is 15.3. The number of carbonyl (C=O) groups is 2. The number of hydrogen-bond donors (Lipinski definition) is 2. The van der Waals surface area contributed by atoms with Crippen LogP contribution in [-0.4, -0.2) is 22.0 Å². The molecular formula is C19H20N4O2S. The third kappa shape index (κ3) is 4.64. The van der Waals surface area contributed by atoms with Gasteiger partial charge in [-0.15, -0.1) is 10.2 Å². The Bertz CT molecular complexity index is 917. The first-order valence-corrected chi connectivity index (χ1v) is 9.37. The van der Waals surface area contributed by atoms with Crippen LogP contribution in [0.25, 0.3) is 10.8 Å². The molecule has 134 valence electrons. The summed E-state index contributed by atoms with van der Waals surface area (Å²) in [6.45, 7) is 2.06. The highest BCUT2D eigenvalue weighted by Gasteiger charge is 2.11. The summed E-state index contributed by atoms with van der Waals surface area (Å²) in [5, 5.41) is 16.9. The van der Waals surface area contributed by atoms with Crippen LogP contribution in [0, 0.1) is 0 Å².